The number of carboxylic acids is 1. The van der Waals surface area contributed by atoms with E-state index in [0.717, 1.165) is 39.1 Å². The molecule has 1 aliphatic rings. The predicted molar refractivity (Wildman–Crippen MR) is 185 cm³/mol. The predicted octanol–water partition coefficient (Wildman–Crippen LogP) is 5.74. The van der Waals surface area contributed by atoms with E-state index in [4.69, 9.17) is 14.6 Å². The maximum Gasteiger partial charge on any atom is 0.303 e. The van der Waals surface area contributed by atoms with Gasteiger partial charge in [-0.25, -0.2) is 0 Å². The van der Waals surface area contributed by atoms with Crippen molar-refractivity contribution in [1.82, 2.24) is 25.5 Å². The average molecular weight is 696 g/mol. The quantitative estimate of drug-likeness (QED) is 0.105. The van der Waals surface area contributed by atoms with Gasteiger partial charge in [-0.05, 0) is 68.9 Å². The molecular formula is C37H37N5O7S. The third-order valence-corrected chi connectivity index (χ3v) is 9.38. The molecule has 0 unspecified atom stereocenters. The first-order valence-corrected chi connectivity index (χ1v) is 17.2. The van der Waals surface area contributed by atoms with E-state index in [0.29, 0.717) is 30.3 Å². The van der Waals surface area contributed by atoms with Crippen molar-refractivity contribution in [3.05, 3.63) is 119 Å². The Labute approximate surface area is 293 Å². The molecule has 0 spiro atoms. The van der Waals surface area contributed by atoms with Crippen LogP contribution in [0.5, 0.6) is 5.75 Å². The van der Waals surface area contributed by atoms with E-state index < -0.39 is 12.3 Å². The molecule has 1 fully saturated rings. The summed E-state index contributed by atoms with van der Waals surface area (Å²) in [6.45, 7) is 0.284. The number of thioether (sulfide) groups is 1. The van der Waals surface area contributed by atoms with Gasteiger partial charge in [-0.1, -0.05) is 84.6 Å². The highest BCUT2D eigenvalue weighted by Crippen LogP contribution is 2.40. The van der Waals surface area contributed by atoms with Crippen molar-refractivity contribution in [3.63, 3.8) is 0 Å². The summed E-state index contributed by atoms with van der Waals surface area (Å²) >= 11 is 1.47. The average Bonchev–Trinajstić information content (AvgIpc) is 3.62. The minimum Gasteiger partial charge on any atom is -0.508 e. The summed E-state index contributed by atoms with van der Waals surface area (Å²) in [5.74, 6) is -0.393. The number of aromatic hydroxyl groups is 1. The van der Waals surface area contributed by atoms with Gasteiger partial charge in [-0.3, -0.25) is 9.59 Å². The zero-order chi connectivity index (χ0) is 34.9. The van der Waals surface area contributed by atoms with E-state index in [-0.39, 0.29) is 43.3 Å². The van der Waals surface area contributed by atoms with Crippen molar-refractivity contribution < 1.29 is 34.4 Å². The van der Waals surface area contributed by atoms with E-state index in [2.05, 4.69) is 20.8 Å². The molecule has 6 rings (SSSR count). The number of phenols is 1. The first-order chi connectivity index (χ1) is 24.4. The number of nitrogens with zero attached hydrogens (tertiary/aromatic N) is 4. The largest absolute Gasteiger partial charge is 0.508 e. The number of aliphatic hydroxyl groups is 1. The molecule has 3 atom stereocenters. The molecule has 258 valence electrons. The fourth-order valence-electron chi connectivity index (χ4n) is 5.67. The van der Waals surface area contributed by atoms with Crippen molar-refractivity contribution in [2.24, 2.45) is 0 Å². The van der Waals surface area contributed by atoms with Gasteiger partial charge in [0.1, 0.15) is 5.75 Å². The van der Waals surface area contributed by atoms with Crippen molar-refractivity contribution in [2.75, 3.05) is 5.75 Å². The Morgan fingerprint density at radius 3 is 2.38 bits per heavy atom. The van der Waals surface area contributed by atoms with Crippen LogP contribution in [0.15, 0.2) is 102 Å². The molecule has 13 heteroatoms. The number of carboxylic acid groups (broad SMARTS) is 1. The van der Waals surface area contributed by atoms with Crippen LogP contribution in [-0.4, -0.2) is 59.3 Å². The number of benzene rings is 4. The molecule has 1 saturated heterocycles. The van der Waals surface area contributed by atoms with Gasteiger partial charge in [0.05, 0.1) is 24.5 Å². The summed E-state index contributed by atoms with van der Waals surface area (Å²) in [6.07, 6.45) is -0.127. The van der Waals surface area contributed by atoms with E-state index in [1.807, 2.05) is 72.8 Å². The van der Waals surface area contributed by atoms with Crippen molar-refractivity contribution in [2.45, 2.75) is 62.5 Å². The molecule has 12 nitrogen and oxygen atoms in total. The second kappa shape index (κ2) is 16.5. The van der Waals surface area contributed by atoms with E-state index in [1.54, 1.807) is 28.9 Å². The topological polar surface area (TPSA) is 169 Å². The van der Waals surface area contributed by atoms with E-state index in [1.165, 1.54) is 11.8 Å². The van der Waals surface area contributed by atoms with Crippen LogP contribution in [0.2, 0.25) is 0 Å². The van der Waals surface area contributed by atoms with Gasteiger partial charge in [-0.2, -0.15) is 4.68 Å². The van der Waals surface area contributed by atoms with Gasteiger partial charge in [-0.15, -0.1) is 5.10 Å². The maximum atomic E-state index is 12.3. The lowest BCUT2D eigenvalue weighted by molar-refractivity contribution is -0.245. The maximum absolute atomic E-state index is 12.3. The second-order valence-electron chi connectivity index (χ2n) is 11.9. The van der Waals surface area contributed by atoms with Gasteiger partial charge < -0.3 is 30.1 Å². The summed E-state index contributed by atoms with van der Waals surface area (Å²) in [6, 6.07) is 30.2. The first kappa shape index (κ1) is 34.8. The number of carbonyl (C=O) groups excluding carboxylic acids is 1. The summed E-state index contributed by atoms with van der Waals surface area (Å²) in [7, 11) is 0. The number of phenolic OH excluding ortho intramolecular Hbond substituents is 1. The number of carbonyl (C=O) groups is 2. The Hall–Kier alpha value is -5.08. The first-order valence-electron chi connectivity index (χ1n) is 16.2. The fourth-order valence-corrected chi connectivity index (χ4v) is 6.58. The number of hydrogen-bond donors (Lipinski definition) is 4. The number of aliphatic hydroxyl groups excluding tert-OH is 1. The van der Waals surface area contributed by atoms with Gasteiger partial charge in [0.15, 0.2) is 6.29 Å². The van der Waals surface area contributed by atoms with Crippen molar-refractivity contribution >= 4 is 23.6 Å². The van der Waals surface area contributed by atoms with Crippen molar-refractivity contribution in [1.29, 1.82) is 0 Å². The lowest BCUT2D eigenvalue weighted by Gasteiger charge is -2.36. The smallest absolute Gasteiger partial charge is 0.303 e. The molecule has 0 saturated carbocycles. The number of hydrogen-bond acceptors (Lipinski definition) is 10. The lowest BCUT2D eigenvalue weighted by Crippen LogP contribution is -2.31. The van der Waals surface area contributed by atoms with E-state index in [9.17, 15) is 19.8 Å². The summed E-state index contributed by atoms with van der Waals surface area (Å²) in [4.78, 5) is 23.1. The molecule has 1 aliphatic heterocycles. The summed E-state index contributed by atoms with van der Waals surface area (Å²) in [5.41, 5.74) is 6.24. The van der Waals surface area contributed by atoms with Gasteiger partial charge in [0.25, 0.3) is 0 Å². The minimum atomic E-state index is -0.915. The Morgan fingerprint density at radius 1 is 0.900 bits per heavy atom. The monoisotopic (exact) mass is 695 g/mol. The zero-order valence-corrected chi connectivity index (χ0v) is 27.9. The Morgan fingerprint density at radius 2 is 1.64 bits per heavy atom. The van der Waals surface area contributed by atoms with Crippen LogP contribution < -0.4 is 5.32 Å². The Kier molecular flexibility index (Phi) is 11.5. The zero-order valence-electron chi connectivity index (χ0n) is 27.1. The number of aromatic nitrogens is 4. The molecule has 0 aliphatic carbocycles. The molecular weight excluding hydrogens is 659 g/mol. The highest BCUT2D eigenvalue weighted by molar-refractivity contribution is 7.99. The highest BCUT2D eigenvalue weighted by Gasteiger charge is 2.33. The third kappa shape index (κ3) is 8.93. The van der Waals surface area contributed by atoms with Gasteiger partial charge in [0, 0.05) is 37.1 Å². The summed E-state index contributed by atoms with van der Waals surface area (Å²) < 4.78 is 14.7. The molecule has 1 aromatic heterocycles. The Balaban J connectivity index is 1.17. The molecule has 4 N–H and O–H groups in total. The van der Waals surface area contributed by atoms with Crippen LogP contribution in [0.1, 0.15) is 60.3 Å². The normalized spacial score (nSPS) is 17.3. The summed E-state index contributed by atoms with van der Waals surface area (Å²) in [5, 5.41) is 43.8. The fraction of sp³-hybridized carbons (Fsp3) is 0.270. The number of amides is 1. The molecule has 50 heavy (non-hydrogen) atoms. The third-order valence-electron chi connectivity index (χ3n) is 8.33. The molecule has 0 bridgehead atoms. The van der Waals surface area contributed by atoms with E-state index >= 15 is 0 Å². The van der Waals surface area contributed by atoms with Crippen molar-refractivity contribution in [3.8, 4) is 22.6 Å². The van der Waals surface area contributed by atoms with Crippen LogP contribution in [0.25, 0.3) is 16.8 Å². The molecule has 1 amide bonds. The Bertz CT molecular complexity index is 1880. The molecule has 0 radical (unpaired) electrons. The molecule has 2 heterocycles. The molecule has 4 aromatic carbocycles. The molecule has 5 aromatic rings. The number of aliphatic carboxylic acids is 1. The van der Waals surface area contributed by atoms with Gasteiger partial charge >= 0.3 is 5.97 Å². The van der Waals surface area contributed by atoms with Gasteiger partial charge in [0.2, 0.25) is 11.1 Å². The van der Waals surface area contributed by atoms with Crippen LogP contribution in [0, 0.1) is 0 Å². The lowest BCUT2D eigenvalue weighted by atomic mass is 9.97. The number of nitrogens with one attached hydrogen (secondary N) is 1. The number of ether oxygens (including phenoxy) is 2. The van der Waals surface area contributed by atoms with Crippen LogP contribution in [0.3, 0.4) is 0 Å². The minimum absolute atomic E-state index is 0.0392. The highest BCUT2D eigenvalue weighted by atomic mass is 32.2. The number of tetrazole rings is 1. The van der Waals surface area contributed by atoms with Crippen LogP contribution >= 0.6 is 11.8 Å². The SMILES string of the molecule is O=C(O)CCCC(=O)NCc1ccccc1-c1ccc([C@@H]2O[C@H](CSc3nnnn3-c3ccc(O)cc3)C[C@H](c3ccc(CO)cc3)O2)cc1. The van der Waals surface area contributed by atoms with Crippen LogP contribution in [-0.2, 0) is 32.2 Å². The van der Waals surface area contributed by atoms with Crippen LogP contribution in [0.4, 0.5) is 0 Å². The second-order valence-corrected chi connectivity index (χ2v) is 12.8. The standard InChI is InChI=1S/C37H37N5O7S/c43-22-24-8-10-26(11-9-24)33-20-31(23-50-37-39-40-41-42(37)29-16-18-30(44)19-17-29)48-36(49-33)27-14-12-25(13-15-27)32-5-2-1-4-28(32)21-38-34(45)6-3-7-35(46)47/h1-2,4-5,8-19,31,33,36,43-44H,3,6-7,20-23H2,(H,38,45)(H,46,47)/t31-,33+,36+/m0/s1. The number of rotatable bonds is 14.